The van der Waals surface area contributed by atoms with Crippen LogP contribution in [0, 0.1) is 23.7 Å². The molecule has 2 aliphatic carbocycles. The molecule has 2 aliphatic rings. The summed E-state index contributed by atoms with van der Waals surface area (Å²) in [7, 11) is 0. The Morgan fingerprint density at radius 1 is 1.06 bits per heavy atom. The molecule has 0 spiro atoms. The van der Waals surface area contributed by atoms with Crippen LogP contribution in [0.25, 0.3) is 11.3 Å². The van der Waals surface area contributed by atoms with Crippen LogP contribution in [-0.4, -0.2) is 22.0 Å². The average molecular weight is 439 g/mol. The quantitative estimate of drug-likeness (QED) is 0.597. The van der Waals surface area contributed by atoms with Gasteiger partial charge in [0.1, 0.15) is 0 Å². The summed E-state index contributed by atoms with van der Waals surface area (Å²) in [5.74, 6) is -2.25. The van der Waals surface area contributed by atoms with Gasteiger partial charge in [-0.3, -0.25) is 9.59 Å². The number of carboxylic acid groups (broad SMARTS) is 1. The summed E-state index contributed by atoms with van der Waals surface area (Å²) in [5.41, 5.74) is 5.50. The molecule has 1 heterocycles. The molecule has 2 aromatic rings. The molecule has 0 unspecified atom stereocenters. The van der Waals surface area contributed by atoms with Gasteiger partial charge in [0.25, 0.3) is 0 Å². The lowest BCUT2D eigenvalue weighted by Gasteiger charge is -2.25. The van der Waals surface area contributed by atoms with E-state index in [-0.39, 0.29) is 23.2 Å². The van der Waals surface area contributed by atoms with Gasteiger partial charge in [0.05, 0.1) is 17.5 Å². The topological polar surface area (TPSA) is 79.3 Å². The molecule has 4 atom stereocenters. The van der Waals surface area contributed by atoms with Crippen molar-refractivity contribution >= 4 is 28.3 Å². The van der Waals surface area contributed by atoms with Gasteiger partial charge in [-0.25, -0.2) is 4.98 Å². The van der Waals surface area contributed by atoms with E-state index in [1.54, 1.807) is 0 Å². The highest BCUT2D eigenvalue weighted by molar-refractivity contribution is 7.14. The number of aliphatic carboxylic acids is 1. The summed E-state index contributed by atoms with van der Waals surface area (Å²) in [4.78, 5) is 29.8. The normalized spacial score (nSPS) is 25.0. The Balaban J connectivity index is 1.53. The molecular formula is C25H30N2O3S. The standard InChI is InChI=1S/C25H30N2O3S/c1-13(2)19-16-10-11-17(19)21(23(29)30)20(16)22(28)27-24-26-18(12-31-24)14-6-8-15(9-7-14)25(3,4)5/h6-9,12,16-17,20-21H,10-11H2,1-5H3,(H,29,30)(H,26,27,28)/t16-,17+,20+,21+/m0/s1. The van der Waals surface area contributed by atoms with Gasteiger partial charge in [0.15, 0.2) is 5.13 Å². The van der Waals surface area contributed by atoms with Gasteiger partial charge < -0.3 is 10.4 Å². The van der Waals surface area contributed by atoms with Crippen molar-refractivity contribution in [1.29, 1.82) is 0 Å². The number of amides is 1. The average Bonchev–Trinajstić information content (AvgIpc) is 3.40. The zero-order valence-electron chi connectivity index (χ0n) is 18.7. The predicted octanol–water partition coefficient (Wildman–Crippen LogP) is 5.74. The van der Waals surface area contributed by atoms with Gasteiger partial charge in [-0.1, -0.05) is 56.2 Å². The van der Waals surface area contributed by atoms with Crippen LogP contribution in [0.5, 0.6) is 0 Å². The summed E-state index contributed by atoms with van der Waals surface area (Å²) in [6, 6.07) is 8.33. The number of nitrogens with zero attached hydrogens (tertiary/aromatic N) is 1. The second kappa shape index (κ2) is 7.90. The molecule has 0 saturated heterocycles. The molecule has 1 amide bonds. The van der Waals surface area contributed by atoms with Crippen LogP contribution in [0.1, 0.15) is 53.0 Å². The third kappa shape index (κ3) is 3.93. The van der Waals surface area contributed by atoms with Crippen molar-refractivity contribution in [3.63, 3.8) is 0 Å². The monoisotopic (exact) mass is 438 g/mol. The summed E-state index contributed by atoms with van der Waals surface area (Å²) in [5, 5.41) is 15.2. The summed E-state index contributed by atoms with van der Waals surface area (Å²) in [6.07, 6.45) is 1.74. The van der Waals surface area contributed by atoms with E-state index < -0.39 is 17.8 Å². The minimum Gasteiger partial charge on any atom is -0.481 e. The number of benzene rings is 1. The molecule has 31 heavy (non-hydrogen) atoms. The molecule has 1 aromatic carbocycles. The van der Waals surface area contributed by atoms with Gasteiger partial charge in [-0.2, -0.15) is 0 Å². The molecule has 5 nitrogen and oxygen atoms in total. The van der Waals surface area contributed by atoms with E-state index in [0.29, 0.717) is 5.13 Å². The van der Waals surface area contributed by atoms with E-state index in [4.69, 9.17) is 0 Å². The number of thiazole rings is 1. The highest BCUT2D eigenvalue weighted by Gasteiger charge is 2.57. The van der Waals surface area contributed by atoms with E-state index >= 15 is 0 Å². The van der Waals surface area contributed by atoms with E-state index in [9.17, 15) is 14.7 Å². The Bertz CT molecular complexity index is 1040. The number of carbonyl (C=O) groups is 2. The lowest BCUT2D eigenvalue weighted by Crippen LogP contribution is -2.37. The van der Waals surface area contributed by atoms with Crippen molar-refractivity contribution in [2.75, 3.05) is 5.32 Å². The fraction of sp³-hybridized carbons (Fsp3) is 0.480. The van der Waals surface area contributed by atoms with Crippen molar-refractivity contribution in [2.45, 2.75) is 52.9 Å². The Hall–Kier alpha value is -2.47. The number of allylic oxidation sites excluding steroid dienone is 2. The first-order chi connectivity index (χ1) is 14.6. The van der Waals surface area contributed by atoms with E-state index in [0.717, 1.165) is 29.7 Å². The number of hydrogen-bond donors (Lipinski definition) is 2. The highest BCUT2D eigenvalue weighted by Crippen LogP contribution is 2.57. The third-order valence-corrected chi connectivity index (χ3v) is 7.55. The number of fused-ring (bicyclic) bond motifs is 2. The minimum absolute atomic E-state index is 0.0172. The number of anilines is 1. The number of carboxylic acids is 1. The van der Waals surface area contributed by atoms with Gasteiger partial charge in [-0.05, 0) is 49.5 Å². The molecule has 0 aliphatic heterocycles. The molecule has 164 valence electrons. The maximum atomic E-state index is 13.2. The fourth-order valence-corrected chi connectivity index (χ4v) is 6.12. The zero-order valence-corrected chi connectivity index (χ0v) is 19.5. The van der Waals surface area contributed by atoms with Crippen LogP contribution in [-0.2, 0) is 15.0 Å². The van der Waals surface area contributed by atoms with Crippen molar-refractivity contribution in [3.8, 4) is 11.3 Å². The Morgan fingerprint density at radius 2 is 1.68 bits per heavy atom. The van der Waals surface area contributed by atoms with Crippen LogP contribution < -0.4 is 5.32 Å². The molecule has 1 aromatic heterocycles. The zero-order chi connectivity index (χ0) is 22.5. The van der Waals surface area contributed by atoms with Crippen molar-refractivity contribution in [3.05, 3.63) is 46.4 Å². The van der Waals surface area contributed by atoms with Crippen LogP contribution in [0.4, 0.5) is 5.13 Å². The lowest BCUT2D eigenvalue weighted by molar-refractivity contribution is -0.148. The van der Waals surface area contributed by atoms with Crippen molar-refractivity contribution in [1.82, 2.24) is 4.98 Å². The van der Waals surface area contributed by atoms with E-state index in [1.807, 2.05) is 19.2 Å². The van der Waals surface area contributed by atoms with E-state index in [1.165, 1.54) is 22.5 Å². The predicted molar refractivity (Wildman–Crippen MR) is 124 cm³/mol. The molecule has 2 saturated carbocycles. The van der Waals surface area contributed by atoms with Crippen LogP contribution in [0.15, 0.2) is 40.8 Å². The number of rotatable bonds is 4. The summed E-state index contributed by atoms with van der Waals surface area (Å²) in [6.45, 7) is 10.6. The van der Waals surface area contributed by atoms with Gasteiger partial charge in [0, 0.05) is 10.9 Å². The van der Waals surface area contributed by atoms with E-state index in [2.05, 4.69) is 55.3 Å². The molecule has 2 bridgehead atoms. The van der Waals surface area contributed by atoms with Crippen LogP contribution >= 0.6 is 11.3 Å². The molecule has 6 heteroatoms. The van der Waals surface area contributed by atoms with Gasteiger partial charge in [-0.15, -0.1) is 11.3 Å². The molecule has 0 radical (unpaired) electrons. The smallest absolute Gasteiger partial charge is 0.307 e. The first-order valence-electron chi connectivity index (χ1n) is 10.9. The van der Waals surface area contributed by atoms with Crippen LogP contribution in [0.2, 0.25) is 0 Å². The second-order valence-corrected chi connectivity index (χ2v) is 10.8. The number of aromatic nitrogens is 1. The van der Waals surface area contributed by atoms with Gasteiger partial charge in [0.2, 0.25) is 5.91 Å². The first kappa shape index (κ1) is 21.8. The molecule has 2 fully saturated rings. The maximum absolute atomic E-state index is 13.2. The first-order valence-corrected chi connectivity index (χ1v) is 11.7. The van der Waals surface area contributed by atoms with Crippen LogP contribution in [0.3, 0.4) is 0 Å². The highest BCUT2D eigenvalue weighted by atomic mass is 32.1. The third-order valence-electron chi connectivity index (χ3n) is 6.79. The summed E-state index contributed by atoms with van der Waals surface area (Å²) < 4.78 is 0. The molecular weight excluding hydrogens is 408 g/mol. The minimum atomic E-state index is -0.870. The molecule has 4 rings (SSSR count). The Kier molecular flexibility index (Phi) is 5.54. The fourth-order valence-electron chi connectivity index (χ4n) is 5.40. The Morgan fingerprint density at radius 3 is 2.23 bits per heavy atom. The lowest BCUT2D eigenvalue weighted by atomic mass is 9.79. The maximum Gasteiger partial charge on any atom is 0.307 e. The number of hydrogen-bond acceptors (Lipinski definition) is 4. The summed E-state index contributed by atoms with van der Waals surface area (Å²) >= 11 is 1.38. The van der Waals surface area contributed by atoms with Crippen molar-refractivity contribution < 1.29 is 14.7 Å². The second-order valence-electron chi connectivity index (χ2n) is 9.99. The number of carbonyl (C=O) groups excluding carboxylic acids is 1. The number of nitrogens with one attached hydrogen (secondary N) is 1. The molecule has 2 N–H and O–H groups in total. The van der Waals surface area contributed by atoms with Gasteiger partial charge >= 0.3 is 5.97 Å². The largest absolute Gasteiger partial charge is 0.481 e. The Labute approximate surface area is 187 Å². The van der Waals surface area contributed by atoms with Crippen molar-refractivity contribution in [2.24, 2.45) is 23.7 Å². The SMILES string of the molecule is CC(C)=C1[C@H]2CC[C@@H]1[C@@H](C(=O)Nc1nc(-c3ccc(C(C)(C)C)cc3)cs1)[C@@H]2C(=O)O.